The van der Waals surface area contributed by atoms with E-state index in [-0.39, 0.29) is 48.2 Å². The summed E-state index contributed by atoms with van der Waals surface area (Å²) >= 11 is 0. The summed E-state index contributed by atoms with van der Waals surface area (Å²) in [5.74, 6) is -1.41. The third-order valence-corrected chi connectivity index (χ3v) is 7.21. The summed E-state index contributed by atoms with van der Waals surface area (Å²) < 4.78 is 93.0. The Balaban J connectivity index is 1.57. The molecule has 214 valence electrons. The summed E-state index contributed by atoms with van der Waals surface area (Å²) in [4.78, 5) is 25.4. The van der Waals surface area contributed by atoms with Gasteiger partial charge >= 0.3 is 6.18 Å². The van der Waals surface area contributed by atoms with Gasteiger partial charge in [-0.25, -0.2) is 27.2 Å². The van der Waals surface area contributed by atoms with Crippen molar-refractivity contribution in [3.63, 3.8) is 0 Å². The Morgan fingerprint density at radius 2 is 1.82 bits per heavy atom. The highest BCUT2D eigenvalue weighted by molar-refractivity contribution is 7.92. The maximum atomic E-state index is 13.7. The molecular formula is C24H24F5N7O3S. The number of halogens is 5. The first-order valence-corrected chi connectivity index (χ1v) is 13.6. The Kier molecular flexibility index (Phi) is 8.09. The molecule has 0 aliphatic carbocycles. The van der Waals surface area contributed by atoms with Crippen LogP contribution in [0.4, 0.5) is 45.2 Å². The van der Waals surface area contributed by atoms with E-state index < -0.39 is 45.8 Å². The Morgan fingerprint density at radius 1 is 1.12 bits per heavy atom. The lowest BCUT2D eigenvalue weighted by Gasteiger charge is -2.20. The summed E-state index contributed by atoms with van der Waals surface area (Å²) in [7, 11) is -2.42. The fraction of sp³-hybridized carbons (Fsp3) is 0.333. The van der Waals surface area contributed by atoms with Gasteiger partial charge in [-0.3, -0.25) is 9.10 Å². The maximum absolute atomic E-state index is 13.7. The van der Waals surface area contributed by atoms with E-state index >= 15 is 0 Å². The Bertz CT molecular complexity index is 1500. The number of alkyl halides is 5. The second-order valence-corrected chi connectivity index (χ2v) is 11.0. The van der Waals surface area contributed by atoms with Gasteiger partial charge < -0.3 is 15.5 Å². The van der Waals surface area contributed by atoms with Gasteiger partial charge in [-0.1, -0.05) is 12.1 Å². The smallest absolute Gasteiger partial charge is 0.365 e. The number of hydrogen-bond donors (Lipinski definition) is 2. The largest absolute Gasteiger partial charge is 0.421 e. The van der Waals surface area contributed by atoms with Crippen LogP contribution in [0.5, 0.6) is 0 Å². The van der Waals surface area contributed by atoms with Gasteiger partial charge in [-0.05, 0) is 24.3 Å². The van der Waals surface area contributed by atoms with Crippen LogP contribution in [0.3, 0.4) is 0 Å². The van der Waals surface area contributed by atoms with Crippen LogP contribution in [0, 0.1) is 0 Å². The van der Waals surface area contributed by atoms with E-state index in [2.05, 4.69) is 25.6 Å². The summed E-state index contributed by atoms with van der Waals surface area (Å²) in [5.41, 5.74) is -0.528. The SMILES string of the molecule is CN(c1ncccc1CNc1nc(Nc2cccc(C(=O)N3CC(F)[C@H](F)C3)c2)ncc1C(F)(F)F)S(C)(=O)=O. The molecule has 1 fully saturated rings. The second kappa shape index (κ2) is 11.2. The van der Waals surface area contributed by atoms with E-state index in [0.29, 0.717) is 6.20 Å². The number of rotatable bonds is 8. The first-order valence-electron chi connectivity index (χ1n) is 11.7. The van der Waals surface area contributed by atoms with Crippen LogP contribution >= 0.6 is 0 Å². The number of carbonyl (C=O) groups is 1. The van der Waals surface area contributed by atoms with E-state index in [1.54, 1.807) is 0 Å². The van der Waals surface area contributed by atoms with Crippen LogP contribution in [0.15, 0.2) is 48.8 Å². The summed E-state index contributed by atoms with van der Waals surface area (Å²) in [6.07, 6.45) is -5.47. The van der Waals surface area contributed by atoms with Crippen molar-refractivity contribution < 1.29 is 35.2 Å². The van der Waals surface area contributed by atoms with E-state index in [4.69, 9.17) is 0 Å². The van der Waals surface area contributed by atoms with Crippen LogP contribution in [0.2, 0.25) is 0 Å². The molecule has 2 N–H and O–H groups in total. The molecule has 1 unspecified atom stereocenters. The molecule has 1 aromatic carbocycles. The monoisotopic (exact) mass is 585 g/mol. The maximum Gasteiger partial charge on any atom is 0.421 e. The van der Waals surface area contributed by atoms with Gasteiger partial charge in [0.1, 0.15) is 17.2 Å². The standard InChI is InChI=1S/C24H24F5N7O3S/c1-35(40(2,38)39)21-15(6-4-8-30-21)10-31-20-17(24(27,28)29)11-32-23(34-20)33-16-7-3-5-14(9-16)22(37)36-12-18(25)19(26)13-36/h3-9,11,18-19H,10,12-13H2,1-2H3,(H2,31,32,33,34)/t18-,19?/m1/s1. The Labute approximate surface area is 226 Å². The van der Waals surface area contributed by atoms with Crippen molar-refractivity contribution in [2.45, 2.75) is 25.1 Å². The minimum atomic E-state index is -4.81. The highest BCUT2D eigenvalue weighted by atomic mass is 32.2. The minimum Gasteiger partial charge on any atom is -0.365 e. The zero-order valence-corrected chi connectivity index (χ0v) is 22.0. The molecule has 4 rings (SSSR count). The van der Waals surface area contributed by atoms with Crippen LogP contribution in [0.1, 0.15) is 21.5 Å². The average molecular weight is 586 g/mol. The van der Waals surface area contributed by atoms with Crippen LogP contribution < -0.4 is 14.9 Å². The summed E-state index contributed by atoms with van der Waals surface area (Å²) in [6.45, 7) is -1.02. The van der Waals surface area contributed by atoms with Crippen molar-refractivity contribution in [2.75, 3.05) is 41.3 Å². The number of pyridine rings is 1. The average Bonchev–Trinajstić information content (AvgIpc) is 3.23. The van der Waals surface area contributed by atoms with Crippen LogP contribution in [-0.4, -0.2) is 72.9 Å². The van der Waals surface area contributed by atoms with Gasteiger partial charge in [-0.15, -0.1) is 0 Å². The van der Waals surface area contributed by atoms with Crippen LogP contribution in [0.25, 0.3) is 0 Å². The molecular weight excluding hydrogens is 561 g/mol. The quantitative estimate of drug-likeness (QED) is 0.384. The van der Waals surface area contributed by atoms with Crippen molar-refractivity contribution >= 4 is 39.2 Å². The lowest BCUT2D eigenvalue weighted by molar-refractivity contribution is -0.137. The molecule has 1 aliphatic heterocycles. The molecule has 16 heteroatoms. The molecule has 0 bridgehead atoms. The number of anilines is 4. The molecule has 2 atom stereocenters. The normalized spacial score (nSPS) is 17.5. The number of amides is 1. The van der Waals surface area contributed by atoms with Crippen molar-refractivity contribution in [1.29, 1.82) is 0 Å². The molecule has 1 saturated heterocycles. The fourth-order valence-corrected chi connectivity index (χ4v) is 4.38. The van der Waals surface area contributed by atoms with Crippen molar-refractivity contribution in [3.05, 3.63) is 65.5 Å². The highest BCUT2D eigenvalue weighted by Crippen LogP contribution is 2.34. The topological polar surface area (TPSA) is 120 Å². The van der Waals surface area contributed by atoms with Crippen molar-refractivity contribution in [2.24, 2.45) is 0 Å². The van der Waals surface area contributed by atoms with Crippen molar-refractivity contribution in [3.8, 4) is 0 Å². The number of nitrogens with zero attached hydrogens (tertiary/aromatic N) is 5. The first kappa shape index (κ1) is 28.9. The third-order valence-electron chi connectivity index (χ3n) is 6.04. The van der Waals surface area contributed by atoms with E-state index in [9.17, 15) is 35.2 Å². The summed E-state index contributed by atoms with van der Waals surface area (Å²) in [5, 5.41) is 5.31. The molecule has 10 nitrogen and oxygen atoms in total. The van der Waals surface area contributed by atoms with Gasteiger partial charge in [-0.2, -0.15) is 18.2 Å². The zero-order chi connectivity index (χ0) is 29.2. The Morgan fingerprint density at radius 3 is 2.48 bits per heavy atom. The van der Waals surface area contributed by atoms with Crippen molar-refractivity contribution in [1.82, 2.24) is 19.9 Å². The molecule has 1 amide bonds. The van der Waals surface area contributed by atoms with E-state index in [0.717, 1.165) is 15.5 Å². The fourth-order valence-electron chi connectivity index (χ4n) is 3.90. The number of likely N-dealkylation sites (tertiary alicyclic amines) is 1. The predicted octanol–water partition coefficient (Wildman–Crippen LogP) is 3.77. The molecule has 40 heavy (non-hydrogen) atoms. The molecule has 3 heterocycles. The molecule has 0 radical (unpaired) electrons. The molecule has 1 aliphatic rings. The highest BCUT2D eigenvalue weighted by Gasteiger charge is 2.36. The Hall–Kier alpha value is -4.08. The van der Waals surface area contributed by atoms with E-state index in [1.165, 1.54) is 49.6 Å². The molecule has 2 aromatic heterocycles. The van der Waals surface area contributed by atoms with E-state index in [1.807, 2.05) is 0 Å². The van der Waals surface area contributed by atoms with Crippen LogP contribution in [-0.2, 0) is 22.7 Å². The molecule has 0 spiro atoms. The van der Waals surface area contributed by atoms with Gasteiger partial charge in [0.15, 0.2) is 12.3 Å². The minimum absolute atomic E-state index is 0.0242. The lowest BCUT2D eigenvalue weighted by Crippen LogP contribution is -2.29. The third kappa shape index (κ3) is 6.55. The van der Waals surface area contributed by atoms with Gasteiger partial charge in [0, 0.05) is 42.8 Å². The van der Waals surface area contributed by atoms with Gasteiger partial charge in [0.05, 0.1) is 19.3 Å². The number of benzene rings is 1. The zero-order valence-electron chi connectivity index (χ0n) is 21.2. The van der Waals surface area contributed by atoms with Gasteiger partial charge in [0.25, 0.3) is 5.91 Å². The second-order valence-electron chi connectivity index (χ2n) is 8.97. The number of sulfonamides is 1. The van der Waals surface area contributed by atoms with Gasteiger partial charge in [0.2, 0.25) is 16.0 Å². The number of hydrogen-bond acceptors (Lipinski definition) is 8. The first-order chi connectivity index (χ1) is 18.7. The predicted molar refractivity (Wildman–Crippen MR) is 137 cm³/mol. The number of nitrogens with one attached hydrogen (secondary N) is 2. The number of aromatic nitrogens is 3. The summed E-state index contributed by atoms with van der Waals surface area (Å²) in [6, 6.07) is 8.80. The lowest BCUT2D eigenvalue weighted by atomic mass is 10.2. The molecule has 0 saturated carbocycles. The molecule has 3 aromatic rings. The number of carbonyl (C=O) groups excluding carboxylic acids is 1.